The van der Waals surface area contributed by atoms with E-state index in [1.165, 1.54) is 12.8 Å². The van der Waals surface area contributed by atoms with Gasteiger partial charge >= 0.3 is 0 Å². The molecule has 0 spiro atoms. The molecule has 2 N–H and O–H groups in total. The lowest BCUT2D eigenvalue weighted by Gasteiger charge is -2.10. The van der Waals surface area contributed by atoms with Gasteiger partial charge in [-0.1, -0.05) is 6.92 Å². The van der Waals surface area contributed by atoms with Crippen LogP contribution in [0.3, 0.4) is 0 Å². The summed E-state index contributed by atoms with van der Waals surface area (Å²) in [5.74, 6) is 0.876. The molecule has 0 aromatic heterocycles. The van der Waals surface area contributed by atoms with Crippen LogP contribution in [0.15, 0.2) is 18.2 Å². The topological polar surface area (TPSA) is 50.4 Å². The van der Waals surface area contributed by atoms with Gasteiger partial charge in [0.05, 0.1) is 13.7 Å². The molecule has 1 aromatic rings. The van der Waals surface area contributed by atoms with E-state index in [9.17, 15) is 4.79 Å². The van der Waals surface area contributed by atoms with Crippen LogP contribution >= 0.6 is 0 Å². The van der Waals surface area contributed by atoms with E-state index < -0.39 is 0 Å². The summed E-state index contributed by atoms with van der Waals surface area (Å²) in [6.45, 7) is 2.45. The van der Waals surface area contributed by atoms with Gasteiger partial charge in [0.2, 0.25) is 5.91 Å². The predicted molar refractivity (Wildman–Crippen MR) is 72.0 cm³/mol. The van der Waals surface area contributed by atoms with Gasteiger partial charge in [-0.05, 0) is 43.0 Å². The van der Waals surface area contributed by atoms with Gasteiger partial charge in [-0.15, -0.1) is 0 Å². The molecule has 0 atom stereocenters. The Morgan fingerprint density at radius 3 is 2.83 bits per heavy atom. The second kappa shape index (κ2) is 5.87. The van der Waals surface area contributed by atoms with E-state index >= 15 is 0 Å². The summed E-state index contributed by atoms with van der Waals surface area (Å²) in [7, 11) is 1.66. The Morgan fingerprint density at radius 1 is 1.44 bits per heavy atom. The smallest absolute Gasteiger partial charge is 0.238 e. The molecular formula is C14H20N2O2. The summed E-state index contributed by atoms with van der Waals surface area (Å²) in [4.78, 5) is 11.7. The fourth-order valence-corrected chi connectivity index (χ4v) is 1.86. The third-order valence-electron chi connectivity index (χ3n) is 3.07. The van der Waals surface area contributed by atoms with E-state index in [1.807, 2.05) is 18.2 Å². The number of hydrogen-bond acceptors (Lipinski definition) is 3. The van der Waals surface area contributed by atoms with Crippen molar-refractivity contribution in [1.29, 1.82) is 0 Å². The predicted octanol–water partition coefficient (Wildman–Crippen LogP) is 1.95. The number of nitrogens with one attached hydrogen (secondary N) is 2. The summed E-state index contributed by atoms with van der Waals surface area (Å²) in [6.07, 6.45) is 3.26. The van der Waals surface area contributed by atoms with Crippen LogP contribution in [0, 0.1) is 0 Å². The van der Waals surface area contributed by atoms with E-state index in [0.717, 1.165) is 23.4 Å². The zero-order chi connectivity index (χ0) is 13.0. The van der Waals surface area contributed by atoms with E-state index in [1.54, 1.807) is 7.11 Å². The Labute approximate surface area is 108 Å². The maximum Gasteiger partial charge on any atom is 0.238 e. The summed E-state index contributed by atoms with van der Waals surface area (Å²) >= 11 is 0. The molecule has 0 heterocycles. The molecule has 0 aliphatic heterocycles. The van der Waals surface area contributed by atoms with Gasteiger partial charge in [0.15, 0.2) is 0 Å². The third-order valence-corrected chi connectivity index (χ3v) is 3.07. The van der Waals surface area contributed by atoms with Gasteiger partial charge in [0.25, 0.3) is 0 Å². The monoisotopic (exact) mass is 248 g/mol. The van der Waals surface area contributed by atoms with Crippen molar-refractivity contribution in [3.8, 4) is 5.75 Å². The molecule has 1 aliphatic rings. The Kier molecular flexibility index (Phi) is 4.20. The summed E-state index contributed by atoms with van der Waals surface area (Å²) in [5, 5.41) is 6.09. The van der Waals surface area contributed by atoms with Crippen molar-refractivity contribution in [3.05, 3.63) is 23.8 Å². The molecule has 4 nitrogen and oxygen atoms in total. The Balaban J connectivity index is 1.92. The van der Waals surface area contributed by atoms with Crippen molar-refractivity contribution in [2.45, 2.75) is 32.2 Å². The fourth-order valence-electron chi connectivity index (χ4n) is 1.86. The molecule has 2 rings (SSSR count). The molecule has 0 radical (unpaired) electrons. The van der Waals surface area contributed by atoms with Crippen LogP contribution in [0.2, 0.25) is 0 Å². The largest absolute Gasteiger partial charge is 0.496 e. The lowest BCUT2D eigenvalue weighted by Crippen LogP contribution is -2.29. The van der Waals surface area contributed by atoms with E-state index in [0.29, 0.717) is 12.6 Å². The minimum atomic E-state index is 0.00844. The van der Waals surface area contributed by atoms with Crippen molar-refractivity contribution >= 4 is 11.6 Å². The molecular weight excluding hydrogens is 228 g/mol. The highest BCUT2D eigenvalue weighted by Gasteiger charge is 2.21. The molecule has 0 unspecified atom stereocenters. The average Bonchev–Trinajstić information content (AvgIpc) is 3.20. The highest BCUT2D eigenvalue weighted by atomic mass is 16.5. The fraction of sp³-hybridized carbons (Fsp3) is 0.500. The second-order valence-electron chi connectivity index (χ2n) is 4.58. The van der Waals surface area contributed by atoms with Crippen LogP contribution in [-0.4, -0.2) is 25.6 Å². The quantitative estimate of drug-likeness (QED) is 0.809. The third kappa shape index (κ3) is 3.47. The number of ether oxygens (including phenoxy) is 1. The van der Waals surface area contributed by atoms with Crippen molar-refractivity contribution in [2.75, 3.05) is 19.0 Å². The maximum absolute atomic E-state index is 11.7. The molecule has 0 saturated heterocycles. The van der Waals surface area contributed by atoms with Crippen molar-refractivity contribution < 1.29 is 9.53 Å². The Hall–Kier alpha value is -1.55. The molecule has 98 valence electrons. The molecule has 18 heavy (non-hydrogen) atoms. The van der Waals surface area contributed by atoms with Crippen LogP contribution in [0.1, 0.15) is 25.3 Å². The summed E-state index contributed by atoms with van der Waals surface area (Å²) in [5.41, 5.74) is 1.93. The number of amides is 1. The molecule has 1 saturated carbocycles. The zero-order valence-corrected chi connectivity index (χ0v) is 11.0. The lowest BCUT2D eigenvalue weighted by molar-refractivity contribution is -0.115. The first-order valence-electron chi connectivity index (χ1n) is 6.43. The van der Waals surface area contributed by atoms with Crippen LogP contribution < -0.4 is 15.4 Å². The average molecular weight is 248 g/mol. The number of rotatable bonds is 6. The first kappa shape index (κ1) is 12.9. The normalized spacial score (nSPS) is 14.3. The number of aryl methyl sites for hydroxylation is 1. The minimum absolute atomic E-state index is 0.00844. The number of benzene rings is 1. The highest BCUT2D eigenvalue weighted by molar-refractivity contribution is 5.92. The van der Waals surface area contributed by atoms with Crippen molar-refractivity contribution in [1.82, 2.24) is 5.32 Å². The SMILES string of the molecule is CCc1cc(NC(=O)CNC2CC2)ccc1OC. The van der Waals surface area contributed by atoms with Gasteiger partial charge < -0.3 is 15.4 Å². The number of hydrogen-bond donors (Lipinski definition) is 2. The standard InChI is InChI=1S/C14H20N2O2/c1-3-10-8-12(6-7-13(10)18-2)16-14(17)9-15-11-4-5-11/h6-8,11,15H,3-5,9H2,1-2H3,(H,16,17). The minimum Gasteiger partial charge on any atom is -0.496 e. The van der Waals surface area contributed by atoms with E-state index in [4.69, 9.17) is 4.74 Å². The zero-order valence-electron chi connectivity index (χ0n) is 11.0. The molecule has 1 aliphatic carbocycles. The van der Waals surface area contributed by atoms with E-state index in [2.05, 4.69) is 17.6 Å². The molecule has 1 aromatic carbocycles. The molecule has 1 amide bonds. The van der Waals surface area contributed by atoms with Gasteiger partial charge in [-0.25, -0.2) is 0 Å². The van der Waals surface area contributed by atoms with Gasteiger partial charge in [0.1, 0.15) is 5.75 Å². The molecule has 0 bridgehead atoms. The van der Waals surface area contributed by atoms with Gasteiger partial charge in [-0.2, -0.15) is 0 Å². The summed E-state index contributed by atoms with van der Waals surface area (Å²) in [6, 6.07) is 6.28. The van der Waals surface area contributed by atoms with Crippen molar-refractivity contribution in [2.24, 2.45) is 0 Å². The number of carbonyl (C=O) groups is 1. The first-order chi connectivity index (χ1) is 8.72. The summed E-state index contributed by atoms with van der Waals surface area (Å²) < 4.78 is 5.26. The second-order valence-corrected chi connectivity index (χ2v) is 4.58. The maximum atomic E-state index is 11.7. The highest BCUT2D eigenvalue weighted by Crippen LogP contribution is 2.23. The molecule has 1 fully saturated rings. The number of methoxy groups -OCH3 is 1. The van der Waals surface area contributed by atoms with Crippen LogP contribution in [0.4, 0.5) is 5.69 Å². The van der Waals surface area contributed by atoms with Crippen LogP contribution in [0.5, 0.6) is 5.75 Å². The Bertz CT molecular complexity index is 428. The van der Waals surface area contributed by atoms with Crippen LogP contribution in [0.25, 0.3) is 0 Å². The lowest BCUT2D eigenvalue weighted by atomic mass is 10.1. The van der Waals surface area contributed by atoms with Gasteiger partial charge in [-0.3, -0.25) is 4.79 Å². The van der Waals surface area contributed by atoms with Gasteiger partial charge in [0, 0.05) is 11.7 Å². The number of carbonyl (C=O) groups excluding carboxylic acids is 1. The van der Waals surface area contributed by atoms with E-state index in [-0.39, 0.29) is 5.91 Å². The first-order valence-corrected chi connectivity index (χ1v) is 6.43. The number of anilines is 1. The Morgan fingerprint density at radius 2 is 2.22 bits per heavy atom. The van der Waals surface area contributed by atoms with Crippen molar-refractivity contribution in [3.63, 3.8) is 0 Å². The van der Waals surface area contributed by atoms with Crippen LogP contribution in [-0.2, 0) is 11.2 Å². The molecule has 4 heteroatoms.